The average Bonchev–Trinajstić information content (AvgIpc) is 1.10. The molecule has 3 amide bonds. The van der Waals surface area contributed by atoms with Gasteiger partial charge in [0.2, 0.25) is 27.8 Å². The first-order valence-corrected chi connectivity index (χ1v) is 46.3. The van der Waals surface area contributed by atoms with Crippen LogP contribution < -0.4 is 66.0 Å². The Morgan fingerprint density at radius 1 is 0.331 bits per heavy atom. The lowest BCUT2D eigenvalue weighted by Crippen LogP contribution is -2.66. The number of rotatable bonds is 10. The minimum Gasteiger partial charge on any atom is -0.479 e. The number of carbonyl (C=O) groups excluding carboxylic acids is 5. The van der Waals surface area contributed by atoms with Gasteiger partial charge in [0.25, 0.3) is 30.3 Å². The quantitative estimate of drug-likeness (QED) is 0.0907. The fourth-order valence-corrected chi connectivity index (χ4v) is 22.4. The minimum absolute atomic E-state index is 0.0685. The van der Waals surface area contributed by atoms with E-state index in [0.29, 0.717) is 78.4 Å². The summed E-state index contributed by atoms with van der Waals surface area (Å²) in [6, 6.07) is 43.9. The van der Waals surface area contributed by atoms with Gasteiger partial charge in [-0.05, 0) is 72.1 Å². The number of halogens is 6. The molecule has 12 aromatic rings. The second-order valence-corrected chi connectivity index (χ2v) is 35.8. The van der Waals surface area contributed by atoms with Gasteiger partial charge in [-0.25, -0.2) is 40.7 Å². The standard InChI is InChI=1S/2C35H28F2N4O7.C32H28F2N4O8/c2*36-23-10-9-22-28(29(23)37)25-17-45-15-13-38(25)24-8-4-3-7-21(24)30(22)41-27-18-46-16-14-39(27)33(43)31-32(26(42)11-12-40(31)41)47-35-20-6-2-1-5-19(20)34(44)48-35;1-17-24(46-32(41)45-17)15-44-30-23(39)8-9-37-29(30)31(40)36-11-13-43-16-25(36)38(37)28-18-4-2-3-5-21(18)35-10-12-42-14-22(35)26-19(28)6-7-20(33)27(26)34/h2*1-12,25,27,30,35H,13-18H2;2-9,22,25,28H,10-16H2,1H3/t25?,27-,30-,35?;;/m1../s1. The lowest BCUT2D eigenvalue weighted by molar-refractivity contribution is -0.0426. The number of esters is 2. The van der Waals surface area contributed by atoms with Gasteiger partial charge in [-0.1, -0.05) is 109 Å². The fourth-order valence-electron chi connectivity index (χ4n) is 22.4. The number of aromatic nitrogens is 3. The highest BCUT2D eigenvalue weighted by Crippen LogP contribution is 2.54. The first-order chi connectivity index (χ1) is 69.2. The van der Waals surface area contributed by atoms with Gasteiger partial charge in [-0.3, -0.25) is 57.8 Å². The Morgan fingerprint density at radius 2 is 0.641 bits per heavy atom. The van der Waals surface area contributed by atoms with Crippen LogP contribution in [-0.2, 0) is 44.5 Å². The topological polar surface area (TPSA) is 325 Å². The fraction of sp³-hybridized carbons (Fsp3) is 0.304. The van der Waals surface area contributed by atoms with Gasteiger partial charge in [-0.2, -0.15) is 0 Å². The Hall–Kier alpha value is -15.5. The lowest BCUT2D eigenvalue weighted by atomic mass is 9.91. The number of hydrogen-bond donors (Lipinski definition) is 0. The third-order valence-corrected chi connectivity index (χ3v) is 28.6. The van der Waals surface area contributed by atoms with Crippen LogP contribution in [-0.4, -0.2) is 195 Å². The number of aryl methyl sites for hydroxylation is 1. The average molecular weight is 1940 g/mol. The molecule has 0 spiro atoms. The molecule has 0 bridgehead atoms. The number of fused-ring (bicyclic) bond motifs is 23. The molecule has 14 aliphatic rings. The van der Waals surface area contributed by atoms with Gasteiger partial charge in [-0.15, -0.1) is 0 Å². The number of para-hydroxylation sites is 3. The zero-order chi connectivity index (χ0) is 97.1. The molecule has 34 nitrogen and oxygen atoms in total. The molecule has 726 valence electrons. The van der Waals surface area contributed by atoms with Crippen LogP contribution in [0.2, 0.25) is 0 Å². The molecule has 142 heavy (non-hydrogen) atoms. The van der Waals surface area contributed by atoms with Crippen LogP contribution >= 0.6 is 0 Å². The Morgan fingerprint density at radius 3 is 0.986 bits per heavy atom. The summed E-state index contributed by atoms with van der Waals surface area (Å²) < 4.78 is 172. The zero-order valence-corrected chi connectivity index (χ0v) is 75.4. The summed E-state index contributed by atoms with van der Waals surface area (Å²) in [5.74, 6) is -10.0. The van der Waals surface area contributed by atoms with Crippen molar-refractivity contribution in [3.8, 4) is 17.2 Å². The number of anilines is 3. The van der Waals surface area contributed by atoms with Gasteiger partial charge in [0.15, 0.2) is 69.3 Å². The predicted octanol–water partition coefficient (Wildman–Crippen LogP) is 10.6. The predicted molar refractivity (Wildman–Crippen MR) is 487 cm³/mol. The second-order valence-electron chi connectivity index (χ2n) is 35.8. The van der Waals surface area contributed by atoms with Gasteiger partial charge in [0.05, 0.1) is 109 Å². The van der Waals surface area contributed by atoms with Crippen molar-refractivity contribution in [2.75, 3.05) is 148 Å². The molecular weight excluding hydrogens is 1860 g/mol. The summed E-state index contributed by atoms with van der Waals surface area (Å²) in [6.07, 6.45) is -0.188. The van der Waals surface area contributed by atoms with Crippen molar-refractivity contribution < 1.29 is 111 Å². The molecule has 6 fully saturated rings. The maximum absolute atomic E-state index is 16.1. The van der Waals surface area contributed by atoms with E-state index in [1.807, 2.05) is 103 Å². The van der Waals surface area contributed by atoms with E-state index < -0.39 is 154 Å². The van der Waals surface area contributed by atoms with E-state index in [1.165, 1.54) is 43.7 Å². The second kappa shape index (κ2) is 35.4. The number of ether oxygens (including phenoxy) is 11. The van der Waals surface area contributed by atoms with E-state index in [1.54, 1.807) is 95.5 Å². The molecule has 14 aliphatic heterocycles. The monoisotopic (exact) mass is 1940 g/mol. The molecule has 6 saturated heterocycles. The van der Waals surface area contributed by atoms with Crippen LogP contribution in [0.1, 0.15) is 174 Å². The smallest absolute Gasteiger partial charge is 0.479 e. The van der Waals surface area contributed by atoms with E-state index >= 15 is 22.0 Å². The summed E-state index contributed by atoms with van der Waals surface area (Å²) in [7, 11) is 0. The van der Waals surface area contributed by atoms with Crippen LogP contribution in [0.25, 0.3) is 0 Å². The first-order valence-electron chi connectivity index (χ1n) is 46.3. The molecule has 4 aromatic heterocycles. The lowest BCUT2D eigenvalue weighted by Gasteiger charge is -2.51. The number of nitrogens with zero attached hydrogens (tertiary/aromatic N) is 12. The molecule has 0 saturated carbocycles. The van der Waals surface area contributed by atoms with Crippen LogP contribution in [0.5, 0.6) is 17.2 Å². The summed E-state index contributed by atoms with van der Waals surface area (Å²) in [5.41, 5.74) is 6.11. The summed E-state index contributed by atoms with van der Waals surface area (Å²) in [4.78, 5) is 131. The molecule has 11 atom stereocenters. The Labute approximate surface area is 800 Å². The van der Waals surface area contributed by atoms with Crippen LogP contribution in [0.4, 0.5) is 43.4 Å². The number of pyridine rings is 3. The highest BCUT2D eigenvalue weighted by molar-refractivity contribution is 5.99. The highest BCUT2D eigenvalue weighted by atomic mass is 19.2. The van der Waals surface area contributed by atoms with Crippen molar-refractivity contribution in [1.82, 2.24) is 28.7 Å². The van der Waals surface area contributed by atoms with Gasteiger partial charge < -0.3 is 90.3 Å². The van der Waals surface area contributed by atoms with Gasteiger partial charge in [0, 0.05) is 138 Å². The highest BCUT2D eigenvalue weighted by Gasteiger charge is 2.55. The molecule has 0 aliphatic carbocycles. The van der Waals surface area contributed by atoms with Gasteiger partial charge >= 0.3 is 17.8 Å². The summed E-state index contributed by atoms with van der Waals surface area (Å²) in [5, 5.41) is 5.59. The normalized spacial score (nSPS) is 23.3. The number of cyclic esters (lactones) is 2. The molecule has 26 rings (SSSR count). The van der Waals surface area contributed by atoms with Crippen molar-refractivity contribution >= 4 is 46.7 Å². The van der Waals surface area contributed by atoms with Gasteiger partial charge in [0.1, 0.15) is 43.2 Å². The molecule has 40 heteroatoms. The molecule has 0 N–H and O–H groups in total. The Bertz CT molecular complexity index is 7210. The van der Waals surface area contributed by atoms with Crippen molar-refractivity contribution in [3.05, 3.63) is 372 Å². The molecule has 8 aromatic carbocycles. The van der Waals surface area contributed by atoms with E-state index in [0.717, 1.165) is 52.0 Å². The van der Waals surface area contributed by atoms with E-state index in [9.17, 15) is 47.5 Å². The van der Waals surface area contributed by atoms with Crippen LogP contribution in [0.15, 0.2) is 223 Å². The number of amides is 3. The number of hydrogen-bond acceptors (Lipinski definition) is 28. The third kappa shape index (κ3) is 14.3. The van der Waals surface area contributed by atoms with Crippen molar-refractivity contribution in [2.24, 2.45) is 0 Å². The van der Waals surface area contributed by atoms with E-state index in [-0.39, 0.29) is 148 Å². The zero-order valence-electron chi connectivity index (χ0n) is 75.4. The van der Waals surface area contributed by atoms with Crippen LogP contribution in [0, 0.1) is 41.8 Å². The molecule has 9 unspecified atom stereocenters. The molecular formula is C102H84F6N12O22. The van der Waals surface area contributed by atoms with E-state index in [4.69, 9.17) is 60.9 Å². The van der Waals surface area contributed by atoms with Crippen LogP contribution in [0.3, 0.4) is 0 Å². The number of morpholine rings is 6. The number of carbonyl (C=O) groups is 5. The van der Waals surface area contributed by atoms with Crippen molar-refractivity contribution in [3.63, 3.8) is 0 Å². The SMILES string of the molecule is Cc1oc(=O)oc1COc1c2n(ccc1=O)N(C1c3ccccc3N3CCOCC3c3c1ccc(F)c3F)C1COCCN1C2=O.O=C1OC(Oc2c3n(ccc2=O)N(C2c4ccccc4N4CCOCC4c4c2ccc(F)c4F)C2COCCN2C3=O)c2ccccc21.O=C1OC(Oc2c3n(ccc2=O)N([C@@H]2c4ccccc4N4CCOCC4c4c2ccc(F)c4F)[C@@H]2COCCN2C3=O)c2ccccc21. The van der Waals surface area contributed by atoms with Crippen molar-refractivity contribution in [1.29, 1.82) is 0 Å². The Balaban J connectivity index is 0.000000115. The third-order valence-electron chi connectivity index (χ3n) is 28.6. The Kier molecular flexibility index (Phi) is 22.2. The summed E-state index contributed by atoms with van der Waals surface area (Å²) >= 11 is 0. The maximum Gasteiger partial charge on any atom is 0.519 e. The maximum atomic E-state index is 16.1. The number of benzene rings is 8. The molecule has 18 heterocycles. The first kappa shape index (κ1) is 89.2. The minimum atomic E-state index is -1.26. The largest absolute Gasteiger partial charge is 0.519 e. The molecule has 0 radical (unpaired) electrons. The summed E-state index contributed by atoms with van der Waals surface area (Å²) in [6.45, 7) is 5.87. The van der Waals surface area contributed by atoms with E-state index in [2.05, 4.69) is 0 Å². The van der Waals surface area contributed by atoms with Crippen molar-refractivity contribution in [2.45, 2.75) is 80.9 Å².